The SMILES string of the molecule is CC[C@@H](O)C(F)(F)C(=O)O. The predicted octanol–water partition coefficient (Wildman–Crippen LogP) is 0.477. The zero-order chi connectivity index (χ0) is 8.36. The van der Waals surface area contributed by atoms with Crippen LogP contribution < -0.4 is 0 Å². The van der Waals surface area contributed by atoms with Crippen LogP contribution in [0.2, 0.25) is 0 Å². The first kappa shape index (κ1) is 9.29. The number of hydrogen-bond acceptors (Lipinski definition) is 2. The molecule has 0 bridgehead atoms. The molecule has 3 nitrogen and oxygen atoms in total. The fourth-order valence-corrected chi connectivity index (χ4v) is 0.399. The standard InChI is InChI=1S/C5H8F2O3/c1-2-3(8)5(6,7)4(9)10/h3,8H,2H2,1H3,(H,9,10)/t3-/m1/s1. The molecule has 0 aliphatic rings. The number of aliphatic hydroxyl groups is 1. The number of aliphatic hydroxyl groups excluding tert-OH is 1. The van der Waals surface area contributed by atoms with Crippen LogP contribution in [-0.4, -0.2) is 28.2 Å². The molecule has 0 aromatic heterocycles. The summed E-state index contributed by atoms with van der Waals surface area (Å²) in [5.74, 6) is -6.31. The first-order valence-corrected chi connectivity index (χ1v) is 2.72. The Labute approximate surface area is 56.3 Å². The summed E-state index contributed by atoms with van der Waals surface area (Å²) in [7, 11) is 0. The first-order valence-electron chi connectivity index (χ1n) is 2.72. The lowest BCUT2D eigenvalue weighted by molar-refractivity contribution is -0.182. The highest BCUT2D eigenvalue weighted by Crippen LogP contribution is 2.20. The molecular formula is C5H8F2O3. The van der Waals surface area contributed by atoms with Gasteiger partial charge in [-0.3, -0.25) is 0 Å². The van der Waals surface area contributed by atoms with Gasteiger partial charge >= 0.3 is 11.9 Å². The van der Waals surface area contributed by atoms with Crippen molar-refractivity contribution >= 4 is 5.97 Å². The van der Waals surface area contributed by atoms with Gasteiger partial charge in [-0.05, 0) is 6.42 Å². The lowest BCUT2D eigenvalue weighted by Crippen LogP contribution is -2.40. The molecule has 2 N–H and O–H groups in total. The fourth-order valence-electron chi connectivity index (χ4n) is 0.399. The van der Waals surface area contributed by atoms with Crippen molar-refractivity contribution in [2.24, 2.45) is 0 Å². The zero-order valence-corrected chi connectivity index (χ0v) is 5.34. The summed E-state index contributed by atoms with van der Waals surface area (Å²) < 4.78 is 24.2. The Morgan fingerprint density at radius 3 is 2.20 bits per heavy atom. The number of hydrogen-bond donors (Lipinski definition) is 2. The van der Waals surface area contributed by atoms with Crippen molar-refractivity contribution in [3.05, 3.63) is 0 Å². The summed E-state index contributed by atoms with van der Waals surface area (Å²) in [6.07, 6.45) is -2.37. The molecule has 0 aromatic rings. The Bertz CT molecular complexity index is 135. The van der Waals surface area contributed by atoms with Crippen molar-refractivity contribution in [2.45, 2.75) is 25.4 Å². The average Bonchev–Trinajstić information content (AvgIpc) is 1.86. The summed E-state index contributed by atoms with van der Waals surface area (Å²) in [4.78, 5) is 9.71. The molecule has 1 atom stereocenters. The first-order chi connectivity index (χ1) is 4.42. The normalized spacial score (nSPS) is 14.8. The number of carbonyl (C=O) groups is 1. The summed E-state index contributed by atoms with van der Waals surface area (Å²) in [5.41, 5.74) is 0. The minimum atomic E-state index is -4.02. The van der Waals surface area contributed by atoms with Crippen LogP contribution in [0.4, 0.5) is 8.78 Å². The van der Waals surface area contributed by atoms with Crippen molar-refractivity contribution in [1.82, 2.24) is 0 Å². The van der Waals surface area contributed by atoms with E-state index in [9.17, 15) is 13.6 Å². The molecule has 0 spiro atoms. The maximum atomic E-state index is 12.1. The zero-order valence-electron chi connectivity index (χ0n) is 5.34. The van der Waals surface area contributed by atoms with Crippen LogP contribution >= 0.6 is 0 Å². The van der Waals surface area contributed by atoms with E-state index in [1.807, 2.05) is 0 Å². The molecular weight excluding hydrogens is 146 g/mol. The summed E-state index contributed by atoms with van der Waals surface area (Å²) in [6, 6.07) is 0. The summed E-state index contributed by atoms with van der Waals surface area (Å²) >= 11 is 0. The van der Waals surface area contributed by atoms with Gasteiger partial charge in [-0.1, -0.05) is 6.92 Å². The highest BCUT2D eigenvalue weighted by atomic mass is 19.3. The number of rotatable bonds is 3. The van der Waals surface area contributed by atoms with E-state index < -0.39 is 18.0 Å². The second kappa shape index (κ2) is 2.92. The van der Waals surface area contributed by atoms with E-state index in [1.165, 1.54) is 6.92 Å². The maximum absolute atomic E-state index is 12.1. The molecule has 0 saturated heterocycles. The molecule has 10 heavy (non-hydrogen) atoms. The topological polar surface area (TPSA) is 57.5 Å². The summed E-state index contributed by atoms with van der Waals surface area (Å²) in [6.45, 7) is 1.28. The van der Waals surface area contributed by atoms with Crippen molar-refractivity contribution < 1.29 is 23.8 Å². The largest absolute Gasteiger partial charge is 0.477 e. The number of halogens is 2. The quantitative estimate of drug-likeness (QED) is 0.621. The molecule has 0 radical (unpaired) electrons. The van der Waals surface area contributed by atoms with E-state index in [1.54, 1.807) is 0 Å². The third-order valence-corrected chi connectivity index (χ3v) is 1.09. The highest BCUT2D eigenvalue weighted by Gasteiger charge is 2.45. The molecule has 0 amide bonds. The van der Waals surface area contributed by atoms with Gasteiger partial charge in [0, 0.05) is 0 Å². The lowest BCUT2D eigenvalue weighted by Gasteiger charge is -2.15. The molecule has 5 heteroatoms. The smallest absolute Gasteiger partial charge is 0.377 e. The van der Waals surface area contributed by atoms with E-state index >= 15 is 0 Å². The van der Waals surface area contributed by atoms with Gasteiger partial charge in [0.15, 0.2) is 0 Å². The molecule has 0 aliphatic heterocycles. The van der Waals surface area contributed by atoms with Gasteiger partial charge in [0.1, 0.15) is 6.10 Å². The monoisotopic (exact) mass is 154 g/mol. The number of carboxylic acids is 1. The van der Waals surface area contributed by atoms with Crippen molar-refractivity contribution in [3.8, 4) is 0 Å². The van der Waals surface area contributed by atoms with Crippen molar-refractivity contribution in [1.29, 1.82) is 0 Å². The van der Waals surface area contributed by atoms with Gasteiger partial charge in [0.25, 0.3) is 0 Å². The van der Waals surface area contributed by atoms with E-state index in [-0.39, 0.29) is 6.42 Å². The average molecular weight is 154 g/mol. The van der Waals surface area contributed by atoms with Crippen LogP contribution in [0.5, 0.6) is 0 Å². The van der Waals surface area contributed by atoms with Gasteiger partial charge in [-0.2, -0.15) is 8.78 Å². The van der Waals surface area contributed by atoms with E-state index in [0.29, 0.717) is 0 Å². The molecule has 0 unspecified atom stereocenters. The molecule has 60 valence electrons. The van der Waals surface area contributed by atoms with Crippen LogP contribution in [0.1, 0.15) is 13.3 Å². The molecule has 0 rings (SSSR count). The van der Waals surface area contributed by atoms with Crippen molar-refractivity contribution in [2.75, 3.05) is 0 Å². The Morgan fingerprint density at radius 2 is 2.10 bits per heavy atom. The molecule has 0 aliphatic carbocycles. The van der Waals surface area contributed by atoms with E-state index in [2.05, 4.69) is 0 Å². The highest BCUT2D eigenvalue weighted by molar-refractivity contribution is 5.76. The Morgan fingerprint density at radius 1 is 1.70 bits per heavy atom. The third kappa shape index (κ3) is 1.63. The van der Waals surface area contributed by atoms with Crippen LogP contribution in [0.15, 0.2) is 0 Å². The lowest BCUT2D eigenvalue weighted by atomic mass is 10.1. The summed E-state index contributed by atoms with van der Waals surface area (Å²) in [5, 5.41) is 16.3. The van der Waals surface area contributed by atoms with Crippen LogP contribution in [0.25, 0.3) is 0 Å². The fraction of sp³-hybridized carbons (Fsp3) is 0.800. The van der Waals surface area contributed by atoms with Crippen LogP contribution in [-0.2, 0) is 4.79 Å². The van der Waals surface area contributed by atoms with Crippen LogP contribution in [0, 0.1) is 0 Å². The van der Waals surface area contributed by atoms with Gasteiger partial charge < -0.3 is 10.2 Å². The van der Waals surface area contributed by atoms with Gasteiger partial charge in [-0.15, -0.1) is 0 Å². The second-order valence-electron chi connectivity index (χ2n) is 1.85. The van der Waals surface area contributed by atoms with E-state index in [4.69, 9.17) is 10.2 Å². The second-order valence-corrected chi connectivity index (χ2v) is 1.85. The Balaban J connectivity index is 4.23. The molecule has 0 aromatic carbocycles. The molecule has 0 fully saturated rings. The maximum Gasteiger partial charge on any atom is 0.377 e. The Hall–Kier alpha value is -0.710. The number of alkyl halides is 2. The number of carboxylic acid groups (broad SMARTS) is 1. The third-order valence-electron chi connectivity index (χ3n) is 1.09. The predicted molar refractivity (Wildman–Crippen MR) is 28.9 cm³/mol. The Kier molecular flexibility index (Phi) is 2.71. The van der Waals surface area contributed by atoms with E-state index in [0.717, 1.165) is 0 Å². The van der Waals surface area contributed by atoms with Gasteiger partial charge in [-0.25, -0.2) is 4.79 Å². The van der Waals surface area contributed by atoms with Gasteiger partial charge in [0.2, 0.25) is 0 Å². The minimum absolute atomic E-state index is 0.278. The minimum Gasteiger partial charge on any atom is -0.477 e. The van der Waals surface area contributed by atoms with Crippen molar-refractivity contribution in [3.63, 3.8) is 0 Å². The number of aliphatic carboxylic acids is 1. The molecule has 0 heterocycles. The van der Waals surface area contributed by atoms with Crippen LogP contribution in [0.3, 0.4) is 0 Å². The molecule has 0 saturated carbocycles. The van der Waals surface area contributed by atoms with Gasteiger partial charge in [0.05, 0.1) is 0 Å².